The summed E-state index contributed by atoms with van der Waals surface area (Å²) in [6.45, 7) is 3.39. The second-order valence-electron chi connectivity index (χ2n) is 6.27. The van der Waals surface area contributed by atoms with Crippen LogP contribution in [-0.4, -0.2) is 31.6 Å². The molecule has 1 N–H and O–H groups in total. The topological polar surface area (TPSA) is 15.3 Å². The lowest BCUT2D eigenvalue weighted by atomic mass is 9.83. The highest BCUT2D eigenvalue weighted by atomic mass is 15.2. The van der Waals surface area contributed by atoms with Gasteiger partial charge in [0, 0.05) is 25.7 Å². The molecule has 2 heteroatoms. The van der Waals surface area contributed by atoms with Gasteiger partial charge >= 0.3 is 0 Å². The largest absolute Gasteiger partial charge is 0.308 e. The molecule has 0 spiro atoms. The molecule has 2 nitrogen and oxygen atoms in total. The molecule has 1 saturated heterocycles. The zero-order valence-electron chi connectivity index (χ0n) is 12.1. The van der Waals surface area contributed by atoms with Crippen LogP contribution in [0.5, 0.6) is 0 Å². The Balaban J connectivity index is 1.67. The monoisotopic (exact) mass is 258 g/mol. The SMILES string of the molecule is CN1CCNC(c2ccc(C3CCCCC3)cc2)C1. The lowest BCUT2D eigenvalue weighted by molar-refractivity contribution is 0.241. The molecular weight excluding hydrogens is 232 g/mol. The molecule has 1 unspecified atom stereocenters. The molecule has 0 amide bonds. The van der Waals surface area contributed by atoms with Gasteiger partial charge in [0.1, 0.15) is 0 Å². The van der Waals surface area contributed by atoms with Crippen LogP contribution in [0.4, 0.5) is 0 Å². The second-order valence-corrected chi connectivity index (χ2v) is 6.27. The van der Waals surface area contributed by atoms with Crippen molar-refractivity contribution >= 4 is 0 Å². The minimum atomic E-state index is 0.513. The van der Waals surface area contributed by atoms with Crippen molar-refractivity contribution in [3.63, 3.8) is 0 Å². The number of hydrogen-bond donors (Lipinski definition) is 1. The van der Waals surface area contributed by atoms with E-state index in [9.17, 15) is 0 Å². The summed E-state index contributed by atoms with van der Waals surface area (Å²) in [6.07, 6.45) is 7.06. The van der Waals surface area contributed by atoms with Crippen molar-refractivity contribution in [1.29, 1.82) is 0 Å². The number of nitrogens with one attached hydrogen (secondary N) is 1. The van der Waals surface area contributed by atoms with Gasteiger partial charge in [-0.1, -0.05) is 43.5 Å². The molecule has 1 aliphatic carbocycles. The Hall–Kier alpha value is -0.860. The van der Waals surface area contributed by atoms with Crippen LogP contribution in [0.1, 0.15) is 55.2 Å². The summed E-state index contributed by atoms with van der Waals surface area (Å²) < 4.78 is 0. The number of piperazine rings is 1. The van der Waals surface area contributed by atoms with Crippen LogP contribution in [-0.2, 0) is 0 Å². The Labute approximate surface area is 117 Å². The highest BCUT2D eigenvalue weighted by Crippen LogP contribution is 2.33. The summed E-state index contributed by atoms with van der Waals surface area (Å²) in [7, 11) is 2.21. The second kappa shape index (κ2) is 6.06. The van der Waals surface area contributed by atoms with Gasteiger partial charge < -0.3 is 10.2 Å². The lowest BCUT2D eigenvalue weighted by Gasteiger charge is -2.31. The van der Waals surface area contributed by atoms with Gasteiger partial charge in [0.15, 0.2) is 0 Å². The zero-order chi connectivity index (χ0) is 13.1. The predicted molar refractivity (Wildman–Crippen MR) is 80.5 cm³/mol. The maximum absolute atomic E-state index is 3.62. The molecule has 1 aliphatic heterocycles. The molecule has 2 fully saturated rings. The van der Waals surface area contributed by atoms with Crippen LogP contribution in [0.2, 0.25) is 0 Å². The van der Waals surface area contributed by atoms with Gasteiger partial charge in [-0.2, -0.15) is 0 Å². The van der Waals surface area contributed by atoms with Crippen molar-refractivity contribution in [1.82, 2.24) is 10.2 Å². The van der Waals surface area contributed by atoms with Gasteiger partial charge in [-0.05, 0) is 36.9 Å². The first kappa shape index (κ1) is 13.1. The van der Waals surface area contributed by atoms with E-state index in [0.29, 0.717) is 6.04 Å². The third-order valence-corrected chi connectivity index (χ3v) is 4.79. The van der Waals surface area contributed by atoms with E-state index in [0.717, 1.165) is 25.6 Å². The van der Waals surface area contributed by atoms with Crippen LogP contribution >= 0.6 is 0 Å². The minimum absolute atomic E-state index is 0.513. The molecule has 0 aromatic heterocycles. The first-order valence-electron chi connectivity index (χ1n) is 7.85. The fourth-order valence-electron chi connectivity index (χ4n) is 3.56. The molecule has 1 aromatic carbocycles. The van der Waals surface area contributed by atoms with Gasteiger partial charge in [-0.15, -0.1) is 0 Å². The lowest BCUT2D eigenvalue weighted by Crippen LogP contribution is -2.43. The average Bonchev–Trinajstić information content (AvgIpc) is 2.48. The summed E-state index contributed by atoms with van der Waals surface area (Å²) in [5, 5.41) is 3.62. The van der Waals surface area contributed by atoms with E-state index < -0.39 is 0 Å². The van der Waals surface area contributed by atoms with Gasteiger partial charge in [-0.25, -0.2) is 0 Å². The summed E-state index contributed by atoms with van der Waals surface area (Å²) >= 11 is 0. The van der Waals surface area contributed by atoms with Crippen molar-refractivity contribution in [3.8, 4) is 0 Å². The zero-order valence-corrected chi connectivity index (χ0v) is 12.1. The quantitative estimate of drug-likeness (QED) is 0.875. The van der Waals surface area contributed by atoms with E-state index in [-0.39, 0.29) is 0 Å². The van der Waals surface area contributed by atoms with Gasteiger partial charge in [0.05, 0.1) is 0 Å². The third kappa shape index (κ3) is 3.18. The van der Waals surface area contributed by atoms with Crippen molar-refractivity contribution in [2.45, 2.75) is 44.1 Å². The first-order valence-corrected chi connectivity index (χ1v) is 7.85. The summed E-state index contributed by atoms with van der Waals surface area (Å²) in [6, 6.07) is 9.96. The van der Waals surface area contributed by atoms with E-state index in [1.807, 2.05) is 0 Å². The van der Waals surface area contributed by atoms with Crippen LogP contribution in [0.25, 0.3) is 0 Å². The highest BCUT2D eigenvalue weighted by molar-refractivity contribution is 5.28. The molecule has 3 rings (SSSR count). The van der Waals surface area contributed by atoms with Crippen molar-refractivity contribution in [2.75, 3.05) is 26.7 Å². The maximum Gasteiger partial charge on any atom is 0.0449 e. The standard InChI is InChI=1S/C17H26N2/c1-19-12-11-18-17(13-19)16-9-7-15(8-10-16)14-5-3-2-4-6-14/h7-10,14,17-18H,2-6,11-13H2,1H3. The molecule has 1 saturated carbocycles. The molecule has 0 radical (unpaired) electrons. The third-order valence-electron chi connectivity index (χ3n) is 4.79. The van der Waals surface area contributed by atoms with E-state index in [1.54, 1.807) is 5.56 Å². The van der Waals surface area contributed by atoms with E-state index in [2.05, 4.69) is 41.5 Å². The molecule has 1 atom stereocenters. The molecule has 1 aromatic rings. The molecule has 2 aliphatic rings. The summed E-state index contributed by atoms with van der Waals surface area (Å²) in [4.78, 5) is 2.41. The Kier molecular flexibility index (Phi) is 4.19. The van der Waals surface area contributed by atoms with E-state index in [4.69, 9.17) is 0 Å². The Morgan fingerprint density at radius 3 is 2.37 bits per heavy atom. The fourth-order valence-corrected chi connectivity index (χ4v) is 3.56. The number of rotatable bonds is 2. The van der Waals surface area contributed by atoms with Crippen LogP contribution < -0.4 is 5.32 Å². The number of benzene rings is 1. The molecule has 104 valence electrons. The van der Waals surface area contributed by atoms with Crippen LogP contribution in [0, 0.1) is 0 Å². The summed E-state index contributed by atoms with van der Waals surface area (Å²) in [5.74, 6) is 0.824. The number of hydrogen-bond acceptors (Lipinski definition) is 2. The van der Waals surface area contributed by atoms with Gasteiger partial charge in [0.25, 0.3) is 0 Å². The normalized spacial score (nSPS) is 26.5. The first-order chi connectivity index (χ1) is 9.33. The predicted octanol–water partition coefficient (Wildman–Crippen LogP) is 3.31. The van der Waals surface area contributed by atoms with Crippen LogP contribution in [0.15, 0.2) is 24.3 Å². The average molecular weight is 258 g/mol. The van der Waals surface area contributed by atoms with E-state index >= 15 is 0 Å². The highest BCUT2D eigenvalue weighted by Gasteiger charge is 2.19. The number of likely N-dealkylation sites (N-methyl/N-ethyl adjacent to an activating group) is 1. The fraction of sp³-hybridized carbons (Fsp3) is 0.647. The van der Waals surface area contributed by atoms with Crippen molar-refractivity contribution in [3.05, 3.63) is 35.4 Å². The number of nitrogens with zero attached hydrogens (tertiary/aromatic N) is 1. The Bertz CT molecular complexity index is 392. The Morgan fingerprint density at radius 1 is 1.00 bits per heavy atom. The maximum atomic E-state index is 3.62. The minimum Gasteiger partial charge on any atom is -0.308 e. The Morgan fingerprint density at radius 2 is 1.68 bits per heavy atom. The van der Waals surface area contributed by atoms with Gasteiger partial charge in [0.2, 0.25) is 0 Å². The van der Waals surface area contributed by atoms with Gasteiger partial charge in [-0.3, -0.25) is 0 Å². The van der Waals surface area contributed by atoms with Crippen molar-refractivity contribution in [2.24, 2.45) is 0 Å². The smallest absolute Gasteiger partial charge is 0.0449 e. The van der Waals surface area contributed by atoms with E-state index in [1.165, 1.54) is 37.7 Å². The van der Waals surface area contributed by atoms with Crippen molar-refractivity contribution < 1.29 is 0 Å². The molecular formula is C17H26N2. The molecule has 1 heterocycles. The summed E-state index contributed by atoms with van der Waals surface area (Å²) in [5.41, 5.74) is 3.01. The van der Waals surface area contributed by atoms with Crippen LogP contribution in [0.3, 0.4) is 0 Å². The molecule has 0 bridgehead atoms. The molecule has 19 heavy (non-hydrogen) atoms.